The summed E-state index contributed by atoms with van der Waals surface area (Å²) in [6.45, 7) is 2.34. The topological polar surface area (TPSA) is 55.1 Å². The van der Waals surface area contributed by atoms with Gasteiger partial charge in [0.1, 0.15) is 5.82 Å². The number of hydrogen-bond acceptors (Lipinski definition) is 2. The molecule has 3 N–H and O–H groups in total. The van der Waals surface area contributed by atoms with Crippen molar-refractivity contribution in [3.8, 4) is 0 Å². The molecule has 0 spiro atoms. The molecule has 0 aliphatic carbocycles. The third-order valence-corrected chi connectivity index (χ3v) is 3.62. The van der Waals surface area contributed by atoms with Crippen molar-refractivity contribution >= 4 is 27.5 Å². The third kappa shape index (κ3) is 4.29. The minimum absolute atomic E-state index is 0.178. The molecule has 2 aromatic carbocycles. The number of amides is 1. The summed E-state index contributed by atoms with van der Waals surface area (Å²) in [5.41, 5.74) is 8.65. The molecule has 5 heteroatoms. The number of halogens is 2. The Morgan fingerprint density at radius 2 is 2.05 bits per heavy atom. The van der Waals surface area contributed by atoms with Crippen LogP contribution >= 0.6 is 15.9 Å². The van der Waals surface area contributed by atoms with Crippen LogP contribution in [0.3, 0.4) is 0 Å². The zero-order valence-corrected chi connectivity index (χ0v) is 13.2. The average Bonchev–Trinajstić information content (AvgIpc) is 2.40. The van der Waals surface area contributed by atoms with Crippen LogP contribution < -0.4 is 11.1 Å². The third-order valence-electron chi connectivity index (χ3n) is 3.17. The standard InChI is InChI=1S/C16H16BrFN2O/c1-10-6-14(18)3-2-11(10)4-5-20-16(21)12-7-13(17)9-15(19)8-12/h2-3,6-9H,4-5,19H2,1H3,(H,20,21). The summed E-state index contributed by atoms with van der Waals surface area (Å²) in [5, 5.41) is 2.83. The predicted molar refractivity (Wildman–Crippen MR) is 85.7 cm³/mol. The van der Waals surface area contributed by atoms with Crippen LogP contribution in [0.1, 0.15) is 21.5 Å². The molecule has 0 bridgehead atoms. The Balaban J connectivity index is 1.95. The lowest BCUT2D eigenvalue weighted by Crippen LogP contribution is -2.26. The lowest BCUT2D eigenvalue weighted by molar-refractivity contribution is 0.0954. The fourth-order valence-corrected chi connectivity index (χ4v) is 2.61. The van der Waals surface area contributed by atoms with Crippen LogP contribution in [0.5, 0.6) is 0 Å². The Labute approximate surface area is 131 Å². The lowest BCUT2D eigenvalue weighted by Gasteiger charge is -2.08. The first kappa shape index (κ1) is 15.5. The number of aryl methyl sites for hydroxylation is 1. The number of nitrogen functional groups attached to an aromatic ring is 1. The highest BCUT2D eigenvalue weighted by Gasteiger charge is 2.07. The van der Waals surface area contributed by atoms with E-state index in [0.29, 0.717) is 24.2 Å². The molecule has 0 fully saturated rings. The quantitative estimate of drug-likeness (QED) is 0.829. The predicted octanol–water partition coefficient (Wildman–Crippen LogP) is 3.45. The van der Waals surface area contributed by atoms with Gasteiger partial charge in [0.15, 0.2) is 0 Å². The van der Waals surface area contributed by atoms with E-state index in [4.69, 9.17) is 5.73 Å². The molecule has 110 valence electrons. The van der Waals surface area contributed by atoms with Gasteiger partial charge in [-0.15, -0.1) is 0 Å². The number of nitrogens with one attached hydrogen (secondary N) is 1. The number of benzene rings is 2. The van der Waals surface area contributed by atoms with Gasteiger partial charge in [-0.1, -0.05) is 22.0 Å². The fraction of sp³-hybridized carbons (Fsp3) is 0.188. The van der Waals surface area contributed by atoms with Crippen LogP contribution in [-0.2, 0) is 6.42 Å². The molecule has 0 aromatic heterocycles. The van der Waals surface area contributed by atoms with Gasteiger partial charge in [0.05, 0.1) is 0 Å². The average molecular weight is 351 g/mol. The smallest absolute Gasteiger partial charge is 0.251 e. The normalized spacial score (nSPS) is 10.4. The molecule has 0 saturated heterocycles. The molecule has 1 amide bonds. The van der Waals surface area contributed by atoms with E-state index in [-0.39, 0.29) is 11.7 Å². The molecular formula is C16H16BrFN2O. The van der Waals surface area contributed by atoms with Gasteiger partial charge in [-0.05, 0) is 54.8 Å². The molecule has 0 unspecified atom stereocenters. The van der Waals surface area contributed by atoms with Gasteiger partial charge < -0.3 is 11.1 Å². The first-order valence-electron chi connectivity index (χ1n) is 6.55. The van der Waals surface area contributed by atoms with Gasteiger partial charge in [0.25, 0.3) is 5.91 Å². The van der Waals surface area contributed by atoms with Gasteiger partial charge >= 0.3 is 0 Å². The summed E-state index contributed by atoms with van der Waals surface area (Å²) >= 11 is 3.31. The highest BCUT2D eigenvalue weighted by molar-refractivity contribution is 9.10. The van der Waals surface area contributed by atoms with Crippen molar-refractivity contribution in [2.45, 2.75) is 13.3 Å². The summed E-state index contributed by atoms with van der Waals surface area (Å²) in [4.78, 5) is 12.0. The first-order chi connectivity index (χ1) is 9.95. The van der Waals surface area contributed by atoms with Crippen LogP contribution in [0.25, 0.3) is 0 Å². The van der Waals surface area contributed by atoms with Crippen molar-refractivity contribution in [1.29, 1.82) is 0 Å². The summed E-state index contributed by atoms with van der Waals surface area (Å²) in [5.74, 6) is -0.423. The second-order valence-corrected chi connectivity index (χ2v) is 5.77. The van der Waals surface area contributed by atoms with Crippen molar-refractivity contribution in [3.63, 3.8) is 0 Å². The SMILES string of the molecule is Cc1cc(F)ccc1CCNC(=O)c1cc(N)cc(Br)c1. The summed E-state index contributed by atoms with van der Waals surface area (Å²) < 4.78 is 13.8. The van der Waals surface area contributed by atoms with Gasteiger partial charge in [-0.25, -0.2) is 4.39 Å². The second kappa shape index (κ2) is 6.72. The number of carbonyl (C=O) groups excluding carboxylic acids is 1. The number of anilines is 1. The van der Waals surface area contributed by atoms with Crippen LogP contribution in [0.15, 0.2) is 40.9 Å². The summed E-state index contributed by atoms with van der Waals surface area (Å²) in [7, 11) is 0. The Hall–Kier alpha value is -1.88. The van der Waals surface area contributed by atoms with Gasteiger partial charge in [0.2, 0.25) is 0 Å². The molecule has 21 heavy (non-hydrogen) atoms. The van der Waals surface area contributed by atoms with Gasteiger partial charge in [0, 0.05) is 22.3 Å². The molecule has 0 atom stereocenters. The molecular weight excluding hydrogens is 335 g/mol. The Bertz CT molecular complexity index is 653. The Morgan fingerprint density at radius 3 is 2.71 bits per heavy atom. The minimum atomic E-state index is -0.245. The second-order valence-electron chi connectivity index (χ2n) is 4.85. The Kier molecular flexibility index (Phi) is 4.96. The molecule has 0 aliphatic rings. The monoisotopic (exact) mass is 350 g/mol. The number of carbonyl (C=O) groups is 1. The van der Waals surface area contributed by atoms with Crippen molar-refractivity contribution in [3.05, 3.63) is 63.4 Å². The van der Waals surface area contributed by atoms with Gasteiger partial charge in [-0.2, -0.15) is 0 Å². The molecule has 2 aromatic rings. The number of hydrogen-bond donors (Lipinski definition) is 2. The molecule has 0 radical (unpaired) electrons. The van der Waals surface area contributed by atoms with Crippen LogP contribution in [0.4, 0.5) is 10.1 Å². The van der Waals surface area contributed by atoms with Crippen LogP contribution in [-0.4, -0.2) is 12.5 Å². The summed E-state index contributed by atoms with van der Waals surface area (Å²) in [6.07, 6.45) is 0.654. The van der Waals surface area contributed by atoms with E-state index < -0.39 is 0 Å². The van der Waals surface area contributed by atoms with E-state index in [9.17, 15) is 9.18 Å². The highest BCUT2D eigenvalue weighted by atomic mass is 79.9. The zero-order valence-electron chi connectivity index (χ0n) is 11.6. The number of rotatable bonds is 4. The maximum Gasteiger partial charge on any atom is 0.251 e. The molecule has 0 heterocycles. The van der Waals surface area contributed by atoms with E-state index in [1.807, 2.05) is 6.92 Å². The van der Waals surface area contributed by atoms with E-state index in [0.717, 1.165) is 15.6 Å². The van der Waals surface area contributed by atoms with Crippen molar-refractivity contribution < 1.29 is 9.18 Å². The maximum absolute atomic E-state index is 13.0. The lowest BCUT2D eigenvalue weighted by atomic mass is 10.1. The summed E-state index contributed by atoms with van der Waals surface area (Å²) in [6, 6.07) is 9.75. The van der Waals surface area contributed by atoms with E-state index >= 15 is 0 Å². The molecule has 3 nitrogen and oxygen atoms in total. The van der Waals surface area contributed by atoms with Crippen molar-refractivity contribution in [2.75, 3.05) is 12.3 Å². The van der Waals surface area contributed by atoms with Crippen molar-refractivity contribution in [2.24, 2.45) is 0 Å². The highest BCUT2D eigenvalue weighted by Crippen LogP contribution is 2.17. The van der Waals surface area contributed by atoms with Crippen molar-refractivity contribution in [1.82, 2.24) is 5.32 Å². The largest absolute Gasteiger partial charge is 0.399 e. The van der Waals surface area contributed by atoms with Crippen LogP contribution in [0.2, 0.25) is 0 Å². The van der Waals surface area contributed by atoms with E-state index in [2.05, 4.69) is 21.2 Å². The maximum atomic E-state index is 13.0. The Morgan fingerprint density at radius 1 is 1.29 bits per heavy atom. The molecule has 2 rings (SSSR count). The molecule has 0 saturated carbocycles. The van der Waals surface area contributed by atoms with E-state index in [1.165, 1.54) is 12.1 Å². The van der Waals surface area contributed by atoms with Gasteiger partial charge in [-0.3, -0.25) is 4.79 Å². The first-order valence-corrected chi connectivity index (χ1v) is 7.34. The fourth-order valence-electron chi connectivity index (χ4n) is 2.10. The van der Waals surface area contributed by atoms with Crippen LogP contribution in [0, 0.1) is 12.7 Å². The number of nitrogens with two attached hydrogens (primary N) is 1. The zero-order chi connectivity index (χ0) is 15.4. The molecule has 0 aliphatic heterocycles. The van der Waals surface area contributed by atoms with E-state index in [1.54, 1.807) is 24.3 Å². The minimum Gasteiger partial charge on any atom is -0.399 e.